The zero-order chi connectivity index (χ0) is 15.0. The molecule has 0 fully saturated rings. The Bertz CT molecular complexity index is 431. The number of benzene rings is 1. The van der Waals surface area contributed by atoms with Gasteiger partial charge in [-0.3, -0.25) is 4.99 Å². The lowest BCUT2D eigenvalue weighted by molar-refractivity contribution is 0.222. The van der Waals surface area contributed by atoms with E-state index < -0.39 is 0 Å². The molecule has 0 radical (unpaired) electrons. The number of ether oxygens (including phenoxy) is 1. The second-order valence-corrected chi connectivity index (χ2v) is 5.10. The summed E-state index contributed by atoms with van der Waals surface area (Å²) in [4.78, 5) is 4.21. The molecule has 0 bridgehead atoms. The summed E-state index contributed by atoms with van der Waals surface area (Å²) in [6, 6.07) is 8.47. The fourth-order valence-corrected chi connectivity index (χ4v) is 1.72. The van der Waals surface area contributed by atoms with Crippen molar-refractivity contribution < 1.29 is 4.74 Å². The third-order valence-electron chi connectivity index (χ3n) is 3.20. The summed E-state index contributed by atoms with van der Waals surface area (Å²) < 4.78 is 5.93. The largest absolute Gasteiger partial charge is 0.489 e. The van der Waals surface area contributed by atoms with Gasteiger partial charge in [-0.15, -0.1) is 0 Å². The lowest BCUT2D eigenvalue weighted by Crippen LogP contribution is -2.45. The summed E-state index contributed by atoms with van der Waals surface area (Å²) >= 11 is 0. The van der Waals surface area contributed by atoms with E-state index in [-0.39, 0.29) is 6.10 Å². The Labute approximate surface area is 122 Å². The lowest BCUT2D eigenvalue weighted by Gasteiger charge is -2.20. The van der Waals surface area contributed by atoms with Gasteiger partial charge >= 0.3 is 0 Å². The molecule has 0 saturated heterocycles. The molecule has 0 amide bonds. The molecule has 0 aliphatic heterocycles. The maximum Gasteiger partial charge on any atom is 0.191 e. The number of aliphatic imine (C=N–C) groups is 1. The minimum absolute atomic E-state index is 0.0755. The van der Waals surface area contributed by atoms with Crippen LogP contribution in [-0.4, -0.2) is 31.7 Å². The van der Waals surface area contributed by atoms with Crippen LogP contribution in [0.2, 0.25) is 0 Å². The summed E-state index contributed by atoms with van der Waals surface area (Å²) in [5.41, 5.74) is 1.15. The van der Waals surface area contributed by atoms with Crippen LogP contribution < -0.4 is 15.4 Å². The van der Waals surface area contributed by atoms with Gasteiger partial charge in [0.15, 0.2) is 5.96 Å². The maximum atomic E-state index is 5.93. The highest BCUT2D eigenvalue weighted by molar-refractivity contribution is 5.79. The Hall–Kier alpha value is -1.71. The third-order valence-corrected chi connectivity index (χ3v) is 3.20. The summed E-state index contributed by atoms with van der Waals surface area (Å²) in [6.45, 7) is 9.11. The molecule has 0 aliphatic carbocycles. The molecule has 1 aromatic carbocycles. The number of aryl methyl sites for hydroxylation is 1. The SMILES string of the molecule is CCC(C)NC(=NC)NCC(C)Oc1ccccc1C. The predicted molar refractivity (Wildman–Crippen MR) is 85.5 cm³/mol. The summed E-state index contributed by atoms with van der Waals surface area (Å²) in [6.07, 6.45) is 1.14. The first kappa shape index (κ1) is 16.3. The highest BCUT2D eigenvalue weighted by atomic mass is 16.5. The van der Waals surface area contributed by atoms with Crippen molar-refractivity contribution in [3.8, 4) is 5.75 Å². The van der Waals surface area contributed by atoms with Crippen molar-refractivity contribution >= 4 is 5.96 Å². The summed E-state index contributed by atoms with van der Waals surface area (Å²) in [5.74, 6) is 1.76. The van der Waals surface area contributed by atoms with Crippen LogP contribution in [-0.2, 0) is 0 Å². The fourth-order valence-electron chi connectivity index (χ4n) is 1.72. The van der Waals surface area contributed by atoms with E-state index in [1.807, 2.05) is 18.2 Å². The van der Waals surface area contributed by atoms with E-state index in [4.69, 9.17) is 4.74 Å². The molecule has 4 heteroatoms. The zero-order valence-corrected chi connectivity index (χ0v) is 13.2. The quantitative estimate of drug-likeness (QED) is 0.621. The molecular formula is C16H27N3O. The fraction of sp³-hybridized carbons (Fsp3) is 0.562. The van der Waals surface area contributed by atoms with Crippen molar-refractivity contribution in [3.63, 3.8) is 0 Å². The van der Waals surface area contributed by atoms with Gasteiger partial charge in [0.2, 0.25) is 0 Å². The number of hydrogen-bond donors (Lipinski definition) is 2. The van der Waals surface area contributed by atoms with Crippen LogP contribution in [0.25, 0.3) is 0 Å². The Morgan fingerprint density at radius 1 is 1.30 bits per heavy atom. The minimum Gasteiger partial charge on any atom is -0.489 e. The van der Waals surface area contributed by atoms with Crippen LogP contribution in [0.5, 0.6) is 5.75 Å². The molecule has 0 aliphatic rings. The number of para-hydroxylation sites is 1. The topological polar surface area (TPSA) is 45.7 Å². The molecule has 0 saturated carbocycles. The van der Waals surface area contributed by atoms with Gasteiger partial charge in [0.1, 0.15) is 11.9 Å². The van der Waals surface area contributed by atoms with E-state index in [0.29, 0.717) is 12.6 Å². The van der Waals surface area contributed by atoms with E-state index in [2.05, 4.69) is 49.4 Å². The van der Waals surface area contributed by atoms with Gasteiger partial charge < -0.3 is 15.4 Å². The van der Waals surface area contributed by atoms with Gasteiger partial charge in [0, 0.05) is 13.1 Å². The lowest BCUT2D eigenvalue weighted by atomic mass is 10.2. The third kappa shape index (κ3) is 5.51. The number of guanidine groups is 1. The Morgan fingerprint density at radius 3 is 2.60 bits per heavy atom. The van der Waals surface area contributed by atoms with Gasteiger partial charge in [-0.2, -0.15) is 0 Å². The normalized spacial score (nSPS) is 14.6. The van der Waals surface area contributed by atoms with Crippen LogP contribution in [0.3, 0.4) is 0 Å². The molecule has 1 aromatic rings. The minimum atomic E-state index is 0.0755. The van der Waals surface area contributed by atoms with Gasteiger partial charge in [-0.1, -0.05) is 25.1 Å². The monoisotopic (exact) mass is 277 g/mol. The molecule has 0 heterocycles. The predicted octanol–water partition coefficient (Wildman–Crippen LogP) is 2.73. The van der Waals surface area contributed by atoms with Crippen molar-refractivity contribution in [1.82, 2.24) is 10.6 Å². The van der Waals surface area contributed by atoms with Crippen molar-refractivity contribution in [2.75, 3.05) is 13.6 Å². The second kappa shape index (κ2) is 8.46. The molecule has 2 atom stereocenters. The second-order valence-electron chi connectivity index (χ2n) is 5.10. The Balaban J connectivity index is 2.43. The first-order valence-corrected chi connectivity index (χ1v) is 7.26. The molecule has 0 spiro atoms. The highest BCUT2D eigenvalue weighted by Crippen LogP contribution is 2.17. The molecule has 20 heavy (non-hydrogen) atoms. The number of rotatable bonds is 6. The smallest absolute Gasteiger partial charge is 0.191 e. The molecule has 112 valence electrons. The van der Waals surface area contributed by atoms with Gasteiger partial charge in [0.25, 0.3) is 0 Å². The van der Waals surface area contributed by atoms with E-state index >= 15 is 0 Å². The molecular weight excluding hydrogens is 250 g/mol. The van der Waals surface area contributed by atoms with Crippen LogP contribution in [0.15, 0.2) is 29.3 Å². The zero-order valence-electron chi connectivity index (χ0n) is 13.2. The first-order valence-electron chi connectivity index (χ1n) is 7.26. The maximum absolute atomic E-state index is 5.93. The van der Waals surface area contributed by atoms with E-state index in [0.717, 1.165) is 23.7 Å². The van der Waals surface area contributed by atoms with E-state index in [1.54, 1.807) is 7.05 Å². The van der Waals surface area contributed by atoms with Crippen LogP contribution >= 0.6 is 0 Å². The Morgan fingerprint density at radius 2 is 2.00 bits per heavy atom. The number of hydrogen-bond acceptors (Lipinski definition) is 2. The van der Waals surface area contributed by atoms with Crippen molar-refractivity contribution in [2.45, 2.75) is 46.3 Å². The van der Waals surface area contributed by atoms with Crippen molar-refractivity contribution in [1.29, 1.82) is 0 Å². The average Bonchev–Trinajstić information content (AvgIpc) is 2.45. The molecule has 4 nitrogen and oxygen atoms in total. The Kier molecular flexibility index (Phi) is 6.91. The number of nitrogens with one attached hydrogen (secondary N) is 2. The standard InChI is InChI=1S/C16H27N3O/c1-6-13(3)19-16(17-5)18-11-14(4)20-15-10-8-7-9-12(15)2/h7-10,13-14H,6,11H2,1-5H3,(H2,17,18,19). The molecule has 1 rings (SSSR count). The van der Waals surface area contributed by atoms with Crippen molar-refractivity contribution in [3.05, 3.63) is 29.8 Å². The average molecular weight is 277 g/mol. The molecule has 2 unspecified atom stereocenters. The number of nitrogens with zero attached hydrogens (tertiary/aromatic N) is 1. The molecule has 0 aromatic heterocycles. The van der Waals surface area contributed by atoms with E-state index in [1.165, 1.54) is 0 Å². The summed E-state index contributed by atoms with van der Waals surface area (Å²) in [7, 11) is 1.78. The molecule has 2 N–H and O–H groups in total. The first-order chi connectivity index (χ1) is 9.56. The van der Waals surface area contributed by atoms with Gasteiger partial charge in [-0.25, -0.2) is 0 Å². The summed E-state index contributed by atoms with van der Waals surface area (Å²) in [5, 5.41) is 6.62. The van der Waals surface area contributed by atoms with Gasteiger partial charge in [0.05, 0.1) is 6.54 Å². The van der Waals surface area contributed by atoms with E-state index in [9.17, 15) is 0 Å². The highest BCUT2D eigenvalue weighted by Gasteiger charge is 2.08. The van der Waals surface area contributed by atoms with Gasteiger partial charge in [-0.05, 0) is 38.8 Å². The van der Waals surface area contributed by atoms with Crippen LogP contribution in [0.1, 0.15) is 32.8 Å². The van der Waals surface area contributed by atoms with Crippen LogP contribution in [0.4, 0.5) is 0 Å². The van der Waals surface area contributed by atoms with Crippen LogP contribution in [0, 0.1) is 6.92 Å². The van der Waals surface area contributed by atoms with Crippen molar-refractivity contribution in [2.24, 2.45) is 4.99 Å².